The third-order valence-corrected chi connectivity index (χ3v) is 3.79. The second-order valence-corrected chi connectivity index (χ2v) is 5.68. The molecule has 0 spiro atoms. The van der Waals surface area contributed by atoms with Crippen molar-refractivity contribution in [1.29, 1.82) is 0 Å². The van der Waals surface area contributed by atoms with Gasteiger partial charge in [0.05, 0.1) is 5.69 Å². The van der Waals surface area contributed by atoms with Crippen molar-refractivity contribution in [2.24, 2.45) is 0 Å². The molecule has 1 N–H and O–H groups in total. The first-order chi connectivity index (χ1) is 7.99. The van der Waals surface area contributed by atoms with Crippen LogP contribution in [0.2, 0.25) is 5.02 Å². The highest BCUT2D eigenvalue weighted by atomic mass is 35.5. The molecule has 0 saturated carbocycles. The van der Waals surface area contributed by atoms with Gasteiger partial charge in [0.25, 0.3) is 0 Å². The highest BCUT2D eigenvalue weighted by molar-refractivity contribution is 8.00. The van der Waals surface area contributed by atoms with E-state index in [0.717, 1.165) is 4.90 Å². The van der Waals surface area contributed by atoms with Crippen LogP contribution in [0.3, 0.4) is 0 Å². The van der Waals surface area contributed by atoms with Crippen LogP contribution < -0.4 is 4.90 Å². The van der Waals surface area contributed by atoms with E-state index in [4.69, 9.17) is 16.7 Å². The smallest absolute Gasteiger partial charge is 0.394 e. The SMILES string of the molecule is CC1CN(C(=O)C(=O)O)c2cc(Cl)ccc2S1. The Kier molecular flexibility index (Phi) is 3.31. The predicted molar refractivity (Wildman–Crippen MR) is 66.8 cm³/mol. The molecule has 90 valence electrons. The number of carboxylic acid groups (broad SMARTS) is 1. The Morgan fingerprint density at radius 3 is 2.88 bits per heavy atom. The fraction of sp³-hybridized carbons (Fsp3) is 0.273. The predicted octanol–water partition coefficient (Wildman–Crippen LogP) is 2.25. The van der Waals surface area contributed by atoms with Crippen LogP contribution >= 0.6 is 23.4 Å². The topological polar surface area (TPSA) is 57.6 Å². The fourth-order valence-electron chi connectivity index (χ4n) is 1.72. The summed E-state index contributed by atoms with van der Waals surface area (Å²) in [5.41, 5.74) is 0.577. The maximum absolute atomic E-state index is 11.6. The van der Waals surface area contributed by atoms with Crippen LogP contribution in [0.5, 0.6) is 0 Å². The zero-order chi connectivity index (χ0) is 12.6. The molecule has 0 aromatic heterocycles. The van der Waals surface area contributed by atoms with Crippen LogP contribution in [0.1, 0.15) is 6.92 Å². The van der Waals surface area contributed by atoms with Crippen molar-refractivity contribution in [3.63, 3.8) is 0 Å². The number of aliphatic carboxylic acids is 1. The minimum absolute atomic E-state index is 0.159. The number of amides is 1. The molecule has 17 heavy (non-hydrogen) atoms. The normalized spacial score (nSPS) is 18.7. The summed E-state index contributed by atoms with van der Waals surface area (Å²) in [5.74, 6) is -2.37. The molecule has 1 aliphatic heterocycles. The highest BCUT2D eigenvalue weighted by Gasteiger charge is 2.30. The number of nitrogens with zero attached hydrogens (tertiary/aromatic N) is 1. The molecule has 1 heterocycles. The van der Waals surface area contributed by atoms with Crippen LogP contribution in [0, 0.1) is 0 Å². The Morgan fingerprint density at radius 1 is 1.53 bits per heavy atom. The van der Waals surface area contributed by atoms with E-state index in [0.29, 0.717) is 17.3 Å². The molecule has 1 amide bonds. The molecule has 4 nitrogen and oxygen atoms in total. The van der Waals surface area contributed by atoms with Gasteiger partial charge >= 0.3 is 11.9 Å². The standard InChI is InChI=1S/C11H10ClNO3S/c1-6-5-13(10(14)11(15)16)8-4-7(12)2-3-9(8)17-6/h2-4,6H,5H2,1H3,(H,15,16). The highest BCUT2D eigenvalue weighted by Crippen LogP contribution is 2.39. The number of hydrogen-bond donors (Lipinski definition) is 1. The van der Waals surface area contributed by atoms with Gasteiger partial charge in [0.1, 0.15) is 0 Å². The summed E-state index contributed by atoms with van der Waals surface area (Å²) >= 11 is 7.48. The van der Waals surface area contributed by atoms with E-state index in [1.165, 1.54) is 4.90 Å². The molecule has 2 rings (SSSR count). The van der Waals surface area contributed by atoms with E-state index >= 15 is 0 Å². The number of anilines is 1. The molecule has 0 aliphatic carbocycles. The first kappa shape index (κ1) is 12.3. The molecule has 0 bridgehead atoms. The van der Waals surface area contributed by atoms with Crippen LogP contribution in [0.25, 0.3) is 0 Å². The summed E-state index contributed by atoms with van der Waals surface area (Å²) in [6.07, 6.45) is 0. The average Bonchev–Trinajstić information content (AvgIpc) is 2.27. The maximum Gasteiger partial charge on any atom is 0.394 e. The van der Waals surface area contributed by atoms with Gasteiger partial charge in [-0.05, 0) is 18.2 Å². The number of rotatable bonds is 0. The zero-order valence-corrected chi connectivity index (χ0v) is 10.6. The third kappa shape index (κ3) is 2.40. The molecule has 0 radical (unpaired) electrons. The summed E-state index contributed by atoms with van der Waals surface area (Å²) in [6.45, 7) is 2.33. The zero-order valence-electron chi connectivity index (χ0n) is 9.01. The largest absolute Gasteiger partial charge is 0.474 e. The number of halogens is 1. The van der Waals surface area contributed by atoms with Gasteiger partial charge in [0.15, 0.2) is 0 Å². The lowest BCUT2D eigenvalue weighted by Crippen LogP contribution is -2.42. The van der Waals surface area contributed by atoms with Crippen molar-refractivity contribution in [3.8, 4) is 0 Å². The van der Waals surface area contributed by atoms with Crippen LogP contribution in [-0.2, 0) is 9.59 Å². The Labute approximate surface area is 108 Å². The van der Waals surface area contributed by atoms with Gasteiger partial charge in [-0.2, -0.15) is 0 Å². The van der Waals surface area contributed by atoms with Crippen molar-refractivity contribution in [1.82, 2.24) is 0 Å². The van der Waals surface area contributed by atoms with Crippen LogP contribution in [0.15, 0.2) is 23.1 Å². The monoisotopic (exact) mass is 271 g/mol. The van der Waals surface area contributed by atoms with Crippen molar-refractivity contribution < 1.29 is 14.7 Å². The van der Waals surface area contributed by atoms with Crippen LogP contribution in [0.4, 0.5) is 5.69 Å². The second kappa shape index (κ2) is 4.58. The van der Waals surface area contributed by atoms with Gasteiger partial charge in [-0.15, -0.1) is 11.8 Å². The van der Waals surface area contributed by atoms with Gasteiger partial charge < -0.3 is 10.0 Å². The fourth-order valence-corrected chi connectivity index (χ4v) is 2.98. The van der Waals surface area contributed by atoms with Gasteiger partial charge in [-0.3, -0.25) is 4.79 Å². The molecule has 1 aliphatic rings. The van der Waals surface area contributed by atoms with Gasteiger partial charge in [-0.1, -0.05) is 18.5 Å². The number of carbonyl (C=O) groups excluding carboxylic acids is 1. The van der Waals surface area contributed by atoms with Gasteiger partial charge in [0, 0.05) is 21.7 Å². The van der Waals surface area contributed by atoms with Crippen molar-refractivity contribution in [3.05, 3.63) is 23.2 Å². The molecule has 6 heteroatoms. The summed E-state index contributed by atoms with van der Waals surface area (Å²) in [5, 5.41) is 9.43. The van der Waals surface area contributed by atoms with Gasteiger partial charge in [-0.25, -0.2) is 4.79 Å². The van der Waals surface area contributed by atoms with Crippen molar-refractivity contribution in [2.75, 3.05) is 11.4 Å². The number of carboxylic acids is 1. The molecule has 1 atom stereocenters. The van der Waals surface area contributed by atoms with E-state index in [1.54, 1.807) is 30.0 Å². The Morgan fingerprint density at radius 2 is 2.24 bits per heavy atom. The molecular formula is C11H10ClNO3S. The maximum atomic E-state index is 11.6. The van der Waals surface area contributed by atoms with Gasteiger partial charge in [0.2, 0.25) is 0 Å². The number of hydrogen-bond acceptors (Lipinski definition) is 3. The molecule has 1 unspecified atom stereocenters. The van der Waals surface area contributed by atoms with E-state index < -0.39 is 11.9 Å². The van der Waals surface area contributed by atoms with Crippen LogP contribution in [-0.4, -0.2) is 28.8 Å². The quantitative estimate of drug-likeness (QED) is 0.736. The minimum atomic E-state index is -1.45. The van der Waals surface area contributed by atoms with E-state index in [2.05, 4.69) is 0 Å². The molecule has 1 aromatic carbocycles. The number of thioether (sulfide) groups is 1. The van der Waals surface area contributed by atoms with Crippen molar-refractivity contribution >= 4 is 40.9 Å². The molecular weight excluding hydrogens is 262 g/mol. The van der Waals surface area contributed by atoms with E-state index in [9.17, 15) is 9.59 Å². The summed E-state index contributed by atoms with van der Waals surface area (Å²) in [4.78, 5) is 24.5. The molecule has 0 saturated heterocycles. The second-order valence-electron chi connectivity index (χ2n) is 3.76. The summed E-state index contributed by atoms with van der Waals surface area (Å²) < 4.78 is 0. The minimum Gasteiger partial charge on any atom is -0.474 e. The lowest BCUT2D eigenvalue weighted by molar-refractivity contribution is -0.148. The van der Waals surface area contributed by atoms with Crippen molar-refractivity contribution in [2.45, 2.75) is 17.1 Å². The Balaban J connectivity index is 2.46. The molecule has 1 aromatic rings. The lowest BCUT2D eigenvalue weighted by atomic mass is 10.2. The summed E-state index contributed by atoms with van der Waals surface area (Å²) in [7, 11) is 0. The average molecular weight is 272 g/mol. The summed E-state index contributed by atoms with van der Waals surface area (Å²) in [6, 6.07) is 5.16. The first-order valence-electron chi connectivity index (χ1n) is 5.00. The Hall–Kier alpha value is -1.20. The molecule has 0 fully saturated rings. The lowest BCUT2D eigenvalue weighted by Gasteiger charge is -2.31. The first-order valence-corrected chi connectivity index (χ1v) is 6.26. The third-order valence-electron chi connectivity index (χ3n) is 2.41. The Bertz CT molecular complexity index is 492. The number of benzene rings is 1. The number of fused-ring (bicyclic) bond motifs is 1. The van der Waals surface area contributed by atoms with E-state index in [-0.39, 0.29) is 5.25 Å². The number of carbonyl (C=O) groups is 2. The van der Waals surface area contributed by atoms with E-state index in [1.807, 2.05) is 6.92 Å².